The van der Waals surface area contributed by atoms with Crippen molar-refractivity contribution in [1.29, 1.82) is 0 Å². The number of aliphatic carboxylic acids is 1. The normalized spacial score (nSPS) is 13.3. The molecule has 2 heterocycles. The fraction of sp³-hybridized carbons (Fsp3) is 0.150. The second kappa shape index (κ2) is 6.60. The van der Waals surface area contributed by atoms with Crippen LogP contribution in [-0.2, 0) is 22.7 Å². The number of Topliss-reactive ketones (excluding diaryl/α,β-unsaturated/α-hetero) is 1. The molecule has 136 valence electrons. The zero-order valence-corrected chi connectivity index (χ0v) is 14.3. The first-order chi connectivity index (χ1) is 13.1. The number of carbonyl (C=O) groups excluding carboxylic acids is 2. The highest BCUT2D eigenvalue weighted by Gasteiger charge is 2.32. The topological polar surface area (TPSA) is 97.6 Å². The van der Waals surface area contributed by atoms with Crippen LogP contribution in [0, 0.1) is 0 Å². The van der Waals surface area contributed by atoms with Crippen LogP contribution in [0.5, 0.6) is 5.75 Å². The van der Waals surface area contributed by atoms with Crippen LogP contribution >= 0.6 is 0 Å². The molecule has 0 saturated heterocycles. The number of nitrogens with zero attached hydrogens (tertiary/aromatic N) is 1. The molecule has 7 nitrogen and oxygen atoms in total. The highest BCUT2D eigenvalue weighted by atomic mass is 16.5. The number of nitrogens with one attached hydrogen (secondary N) is 1. The average Bonchev–Trinajstić information content (AvgIpc) is 2.99. The number of rotatable bonds is 5. The summed E-state index contributed by atoms with van der Waals surface area (Å²) in [6.07, 6.45) is 0. The molecule has 1 aromatic heterocycles. The number of carboxylic acids is 1. The third kappa shape index (κ3) is 2.93. The molecule has 0 spiro atoms. The summed E-state index contributed by atoms with van der Waals surface area (Å²) in [4.78, 5) is 35.4. The summed E-state index contributed by atoms with van der Waals surface area (Å²) in [5.41, 5.74) is 2.73. The Morgan fingerprint density at radius 3 is 2.63 bits per heavy atom. The van der Waals surface area contributed by atoms with E-state index in [4.69, 9.17) is 9.84 Å². The minimum absolute atomic E-state index is 0.222. The van der Waals surface area contributed by atoms with Gasteiger partial charge in [0.2, 0.25) is 0 Å². The molecule has 2 aromatic carbocycles. The van der Waals surface area contributed by atoms with Crippen LogP contribution in [0.2, 0.25) is 0 Å². The van der Waals surface area contributed by atoms with Crippen molar-refractivity contribution in [1.82, 2.24) is 9.88 Å². The molecule has 3 aromatic rings. The lowest BCUT2D eigenvalue weighted by Gasteiger charge is -2.16. The number of fused-ring (bicyclic) bond motifs is 3. The van der Waals surface area contributed by atoms with Crippen LogP contribution in [0.15, 0.2) is 48.5 Å². The van der Waals surface area contributed by atoms with Crippen molar-refractivity contribution in [2.24, 2.45) is 0 Å². The van der Waals surface area contributed by atoms with Crippen LogP contribution in [0.3, 0.4) is 0 Å². The van der Waals surface area contributed by atoms with Gasteiger partial charge in [-0.3, -0.25) is 9.59 Å². The molecule has 4 rings (SSSR count). The molecule has 0 bridgehead atoms. The maximum absolute atomic E-state index is 12.6. The zero-order valence-electron chi connectivity index (χ0n) is 14.3. The van der Waals surface area contributed by atoms with E-state index in [1.54, 1.807) is 12.1 Å². The molecular formula is C20H16N2O5. The Bertz CT molecular complexity index is 1070. The predicted octanol–water partition coefficient (Wildman–Crippen LogP) is 1.97. The summed E-state index contributed by atoms with van der Waals surface area (Å²) >= 11 is 0. The number of aromatic nitrogens is 1. The summed E-state index contributed by atoms with van der Waals surface area (Å²) in [5, 5.41) is 12.0. The largest absolute Gasteiger partial charge is 0.481 e. The first-order valence-corrected chi connectivity index (χ1v) is 8.41. The van der Waals surface area contributed by atoms with Gasteiger partial charge in [-0.1, -0.05) is 36.4 Å². The molecule has 0 fully saturated rings. The van der Waals surface area contributed by atoms with Gasteiger partial charge < -0.3 is 19.7 Å². The Hall–Kier alpha value is -3.61. The number of carbonyl (C=O) groups is 3. The van der Waals surface area contributed by atoms with Gasteiger partial charge in [-0.05, 0) is 17.7 Å². The number of amides is 1. The highest BCUT2D eigenvalue weighted by molar-refractivity contribution is 6.46. The van der Waals surface area contributed by atoms with Crippen molar-refractivity contribution in [3.63, 3.8) is 0 Å². The number of ketones is 1. The Labute approximate surface area is 154 Å². The van der Waals surface area contributed by atoms with E-state index in [1.165, 1.54) is 0 Å². The van der Waals surface area contributed by atoms with E-state index in [-0.39, 0.29) is 17.9 Å². The standard InChI is InChI=1S/C20H16N2O5/c23-16(24)11-27-15-8-4-7-13-17(15)18-14(9-21-20(26)19(18)25)22(13)10-12-5-2-1-3-6-12/h1-8H,9-11H2,(H,21,26)(H,23,24). The summed E-state index contributed by atoms with van der Waals surface area (Å²) in [6, 6.07) is 14.9. The second-order valence-corrected chi connectivity index (χ2v) is 6.24. The Morgan fingerprint density at radius 1 is 1.11 bits per heavy atom. The van der Waals surface area contributed by atoms with Gasteiger partial charge in [0.15, 0.2) is 6.61 Å². The third-order valence-electron chi connectivity index (χ3n) is 4.54. The number of hydrogen-bond acceptors (Lipinski definition) is 4. The highest BCUT2D eigenvalue weighted by Crippen LogP contribution is 2.36. The number of hydrogen-bond donors (Lipinski definition) is 2. The summed E-state index contributed by atoms with van der Waals surface area (Å²) in [5.74, 6) is -2.15. The van der Waals surface area contributed by atoms with Crippen molar-refractivity contribution >= 4 is 28.6 Å². The predicted molar refractivity (Wildman–Crippen MR) is 96.8 cm³/mol. The molecule has 0 aliphatic carbocycles. The maximum atomic E-state index is 12.6. The zero-order chi connectivity index (χ0) is 19.0. The van der Waals surface area contributed by atoms with E-state index in [0.717, 1.165) is 11.1 Å². The average molecular weight is 364 g/mol. The van der Waals surface area contributed by atoms with Gasteiger partial charge in [0, 0.05) is 6.54 Å². The summed E-state index contributed by atoms with van der Waals surface area (Å²) < 4.78 is 7.36. The second-order valence-electron chi connectivity index (χ2n) is 6.24. The van der Waals surface area contributed by atoms with E-state index in [9.17, 15) is 14.4 Å². The minimum Gasteiger partial charge on any atom is -0.481 e. The van der Waals surface area contributed by atoms with Crippen LogP contribution in [-0.4, -0.2) is 33.9 Å². The molecule has 7 heteroatoms. The fourth-order valence-corrected chi connectivity index (χ4v) is 3.41. The van der Waals surface area contributed by atoms with Crippen molar-refractivity contribution in [3.05, 3.63) is 65.4 Å². The Kier molecular flexibility index (Phi) is 4.12. The van der Waals surface area contributed by atoms with E-state index in [1.807, 2.05) is 41.0 Å². The lowest BCUT2D eigenvalue weighted by atomic mass is 10.0. The molecular weight excluding hydrogens is 348 g/mol. The lowest BCUT2D eigenvalue weighted by Crippen LogP contribution is -2.37. The van der Waals surface area contributed by atoms with Crippen LogP contribution in [0.1, 0.15) is 21.6 Å². The quantitative estimate of drug-likeness (QED) is 0.675. The molecule has 1 amide bonds. The monoisotopic (exact) mass is 364 g/mol. The third-order valence-corrected chi connectivity index (χ3v) is 4.54. The van der Waals surface area contributed by atoms with Gasteiger partial charge in [-0.15, -0.1) is 0 Å². The van der Waals surface area contributed by atoms with Gasteiger partial charge in [-0.25, -0.2) is 4.79 Å². The molecule has 0 radical (unpaired) electrons. The van der Waals surface area contributed by atoms with E-state index >= 15 is 0 Å². The smallest absolute Gasteiger partial charge is 0.341 e. The van der Waals surface area contributed by atoms with E-state index < -0.39 is 24.3 Å². The van der Waals surface area contributed by atoms with E-state index in [2.05, 4.69) is 5.32 Å². The first kappa shape index (κ1) is 16.8. The molecule has 0 atom stereocenters. The van der Waals surface area contributed by atoms with Crippen molar-refractivity contribution in [3.8, 4) is 5.75 Å². The molecule has 0 unspecified atom stereocenters. The van der Waals surface area contributed by atoms with Gasteiger partial charge in [0.25, 0.3) is 11.7 Å². The van der Waals surface area contributed by atoms with Crippen molar-refractivity contribution < 1.29 is 24.2 Å². The lowest BCUT2D eigenvalue weighted by molar-refractivity contribution is -0.139. The Balaban J connectivity index is 1.93. The molecule has 0 saturated carbocycles. The van der Waals surface area contributed by atoms with Gasteiger partial charge in [-0.2, -0.15) is 0 Å². The van der Waals surface area contributed by atoms with Gasteiger partial charge in [0.1, 0.15) is 5.75 Å². The Morgan fingerprint density at radius 2 is 1.89 bits per heavy atom. The van der Waals surface area contributed by atoms with Crippen molar-refractivity contribution in [2.75, 3.05) is 6.61 Å². The molecule has 1 aliphatic heterocycles. The maximum Gasteiger partial charge on any atom is 0.341 e. The summed E-state index contributed by atoms with van der Waals surface area (Å²) in [7, 11) is 0. The van der Waals surface area contributed by atoms with Gasteiger partial charge >= 0.3 is 5.97 Å². The van der Waals surface area contributed by atoms with Crippen LogP contribution in [0.25, 0.3) is 10.9 Å². The van der Waals surface area contributed by atoms with Crippen LogP contribution in [0.4, 0.5) is 0 Å². The minimum atomic E-state index is -1.12. The molecule has 2 N–H and O–H groups in total. The summed E-state index contributed by atoms with van der Waals surface area (Å²) in [6.45, 7) is 0.205. The molecule has 1 aliphatic rings. The SMILES string of the molecule is O=C(O)COc1cccc2c1c1c(n2Cc2ccccc2)CNC(=O)C1=O. The fourth-order valence-electron chi connectivity index (χ4n) is 3.41. The van der Waals surface area contributed by atoms with E-state index in [0.29, 0.717) is 17.6 Å². The van der Waals surface area contributed by atoms with Gasteiger partial charge in [0.05, 0.1) is 28.7 Å². The first-order valence-electron chi connectivity index (χ1n) is 8.41. The number of carboxylic acid groups (broad SMARTS) is 1. The number of benzene rings is 2. The number of ether oxygens (including phenoxy) is 1. The van der Waals surface area contributed by atoms with Crippen molar-refractivity contribution in [2.45, 2.75) is 13.1 Å². The van der Waals surface area contributed by atoms with Crippen LogP contribution < -0.4 is 10.1 Å². The molecule has 27 heavy (non-hydrogen) atoms.